The average molecular weight is 185 g/mol. The average Bonchev–Trinajstić information content (AvgIpc) is 2.20. The first-order valence-corrected chi connectivity index (χ1v) is 5.16. The third-order valence-corrected chi connectivity index (χ3v) is 2.71. The van der Waals surface area contributed by atoms with Crippen LogP contribution in [0.15, 0.2) is 0 Å². The van der Waals surface area contributed by atoms with Crippen molar-refractivity contribution in [2.45, 2.75) is 26.2 Å². The van der Waals surface area contributed by atoms with Gasteiger partial charge < -0.3 is 4.74 Å². The van der Waals surface area contributed by atoms with Crippen molar-refractivity contribution in [3.63, 3.8) is 0 Å². The van der Waals surface area contributed by atoms with Crippen molar-refractivity contribution in [2.24, 2.45) is 0 Å². The van der Waals surface area contributed by atoms with Crippen LogP contribution in [0.5, 0.6) is 0 Å². The Balaban J connectivity index is 2.33. The molecule has 0 aromatic heterocycles. The highest BCUT2D eigenvalue weighted by Crippen LogP contribution is 2.10. The number of hydrogen-bond donors (Lipinski definition) is 0. The van der Waals surface area contributed by atoms with E-state index in [0.717, 1.165) is 26.1 Å². The van der Waals surface area contributed by atoms with Crippen molar-refractivity contribution in [3.05, 3.63) is 0 Å². The minimum atomic E-state index is 0.500. The molecule has 0 bridgehead atoms. The van der Waals surface area contributed by atoms with Crippen molar-refractivity contribution in [3.8, 4) is 0 Å². The van der Waals surface area contributed by atoms with E-state index in [-0.39, 0.29) is 0 Å². The Hall–Kier alpha value is -0.410. The Morgan fingerprint density at radius 2 is 2.00 bits per heavy atom. The van der Waals surface area contributed by atoms with Gasteiger partial charge >= 0.3 is 6.41 Å². The predicted octanol–water partition coefficient (Wildman–Crippen LogP) is 1.09. The number of rotatable bonds is 5. The number of quaternary nitrogens is 1. The van der Waals surface area contributed by atoms with Gasteiger partial charge in [-0.1, -0.05) is 13.3 Å². The Kier molecular flexibility index (Phi) is 4.39. The SMILES string of the molecule is CCCCC[N+]1([C]=O)CCOCC1. The molecule has 75 valence electrons. The largest absolute Gasteiger partial charge is 0.443 e. The van der Waals surface area contributed by atoms with Gasteiger partial charge in [0.15, 0.2) is 0 Å². The van der Waals surface area contributed by atoms with E-state index < -0.39 is 0 Å². The summed E-state index contributed by atoms with van der Waals surface area (Å²) >= 11 is 0. The van der Waals surface area contributed by atoms with Crippen LogP contribution in [0.2, 0.25) is 0 Å². The smallest absolute Gasteiger partial charge is 0.370 e. The molecule has 0 aromatic carbocycles. The van der Waals surface area contributed by atoms with E-state index in [4.69, 9.17) is 4.74 Å². The molecule has 0 saturated carbocycles. The highest BCUT2D eigenvalue weighted by molar-refractivity contribution is 5.38. The standard InChI is InChI=1S/C10H19NO2/c1-2-3-4-5-11(10-12)6-8-13-9-7-11/h2-9H2,1H3/q+1. The van der Waals surface area contributed by atoms with Gasteiger partial charge in [-0.3, -0.25) is 0 Å². The number of nitrogens with zero attached hydrogens (tertiary/aromatic N) is 1. The molecule has 1 aliphatic heterocycles. The maximum atomic E-state index is 10.9. The summed E-state index contributed by atoms with van der Waals surface area (Å²) in [6.07, 6.45) is 5.73. The molecule has 1 aliphatic rings. The molecule has 0 spiro atoms. The van der Waals surface area contributed by atoms with Crippen LogP contribution in [0.1, 0.15) is 26.2 Å². The fourth-order valence-corrected chi connectivity index (χ4v) is 1.72. The summed E-state index contributed by atoms with van der Waals surface area (Å²) in [6, 6.07) is 0. The lowest BCUT2D eigenvalue weighted by Crippen LogP contribution is -2.54. The number of carbonyl (C=O) groups excluding carboxylic acids is 1. The van der Waals surface area contributed by atoms with E-state index in [1.54, 1.807) is 0 Å². The second-order valence-corrected chi connectivity index (χ2v) is 3.73. The van der Waals surface area contributed by atoms with Gasteiger partial charge in [-0.2, -0.15) is 0 Å². The van der Waals surface area contributed by atoms with Gasteiger partial charge in [0.1, 0.15) is 13.1 Å². The van der Waals surface area contributed by atoms with Gasteiger partial charge in [-0.05, 0) is 12.8 Å². The van der Waals surface area contributed by atoms with Gasteiger partial charge in [-0.15, -0.1) is 0 Å². The van der Waals surface area contributed by atoms with Gasteiger partial charge in [0, 0.05) is 0 Å². The molecule has 1 saturated heterocycles. The summed E-state index contributed by atoms with van der Waals surface area (Å²) in [5.74, 6) is 0. The minimum Gasteiger partial charge on any atom is -0.370 e. The number of morpholine rings is 1. The zero-order chi connectivity index (χ0) is 9.57. The van der Waals surface area contributed by atoms with Gasteiger partial charge in [0.25, 0.3) is 0 Å². The Bertz CT molecular complexity index is 153. The molecule has 1 radical (unpaired) electrons. The first kappa shape index (κ1) is 10.7. The van der Waals surface area contributed by atoms with E-state index in [1.165, 1.54) is 12.8 Å². The predicted molar refractivity (Wildman–Crippen MR) is 50.9 cm³/mol. The van der Waals surface area contributed by atoms with Crippen molar-refractivity contribution in [1.29, 1.82) is 0 Å². The minimum absolute atomic E-state index is 0.500. The van der Waals surface area contributed by atoms with E-state index >= 15 is 0 Å². The summed E-state index contributed by atoms with van der Waals surface area (Å²) < 4.78 is 5.74. The van der Waals surface area contributed by atoms with E-state index in [1.807, 2.05) is 0 Å². The zero-order valence-electron chi connectivity index (χ0n) is 8.42. The molecular weight excluding hydrogens is 166 g/mol. The molecule has 0 N–H and O–H groups in total. The molecule has 1 rings (SSSR count). The summed E-state index contributed by atoms with van der Waals surface area (Å²) in [6.45, 7) is 6.16. The molecule has 0 aliphatic carbocycles. The molecule has 1 fully saturated rings. The van der Waals surface area contributed by atoms with Gasteiger partial charge in [0.05, 0.1) is 19.8 Å². The fourth-order valence-electron chi connectivity index (χ4n) is 1.72. The summed E-state index contributed by atoms with van der Waals surface area (Å²) in [4.78, 5) is 10.9. The van der Waals surface area contributed by atoms with Crippen molar-refractivity contribution < 1.29 is 14.0 Å². The van der Waals surface area contributed by atoms with Crippen molar-refractivity contribution in [1.82, 2.24) is 0 Å². The second kappa shape index (κ2) is 5.35. The molecule has 1 heterocycles. The summed E-state index contributed by atoms with van der Waals surface area (Å²) in [7, 11) is 0. The van der Waals surface area contributed by atoms with Crippen molar-refractivity contribution >= 4 is 6.41 Å². The highest BCUT2D eigenvalue weighted by Gasteiger charge is 2.31. The summed E-state index contributed by atoms with van der Waals surface area (Å²) in [5.41, 5.74) is 0. The molecule has 0 unspecified atom stereocenters. The van der Waals surface area contributed by atoms with E-state index in [9.17, 15) is 4.79 Å². The number of unbranched alkanes of at least 4 members (excludes halogenated alkanes) is 2. The van der Waals surface area contributed by atoms with Crippen LogP contribution in [0.3, 0.4) is 0 Å². The quantitative estimate of drug-likeness (QED) is 0.473. The maximum absolute atomic E-state index is 10.9. The second-order valence-electron chi connectivity index (χ2n) is 3.73. The van der Waals surface area contributed by atoms with Crippen LogP contribution < -0.4 is 0 Å². The monoisotopic (exact) mass is 185 g/mol. The summed E-state index contributed by atoms with van der Waals surface area (Å²) in [5, 5.41) is 0. The molecule has 13 heavy (non-hydrogen) atoms. The molecule has 1 amide bonds. The van der Waals surface area contributed by atoms with Crippen LogP contribution in [-0.4, -0.2) is 43.7 Å². The lowest BCUT2D eigenvalue weighted by molar-refractivity contribution is -0.848. The van der Waals surface area contributed by atoms with Crippen LogP contribution in [0, 0.1) is 0 Å². The van der Waals surface area contributed by atoms with E-state index in [0.29, 0.717) is 17.7 Å². The lowest BCUT2D eigenvalue weighted by atomic mass is 10.2. The maximum Gasteiger partial charge on any atom is 0.443 e. The third-order valence-electron chi connectivity index (χ3n) is 2.71. The number of ether oxygens (including phenoxy) is 1. The molecule has 0 aromatic rings. The van der Waals surface area contributed by atoms with Crippen LogP contribution in [0.25, 0.3) is 0 Å². The first-order chi connectivity index (χ1) is 6.33. The fraction of sp³-hybridized carbons (Fsp3) is 0.900. The molecule has 3 heteroatoms. The van der Waals surface area contributed by atoms with Crippen LogP contribution in [-0.2, 0) is 9.53 Å². The number of hydrogen-bond acceptors (Lipinski definition) is 2. The van der Waals surface area contributed by atoms with Crippen LogP contribution in [0.4, 0.5) is 0 Å². The Morgan fingerprint density at radius 3 is 2.54 bits per heavy atom. The third kappa shape index (κ3) is 3.08. The normalized spacial score (nSPS) is 21.3. The highest BCUT2D eigenvalue weighted by atomic mass is 16.5. The lowest BCUT2D eigenvalue weighted by Gasteiger charge is -2.33. The molecular formula is C10H19NO2+. The topological polar surface area (TPSA) is 26.3 Å². The van der Waals surface area contributed by atoms with E-state index in [2.05, 4.69) is 13.3 Å². The Morgan fingerprint density at radius 1 is 1.31 bits per heavy atom. The zero-order valence-corrected chi connectivity index (χ0v) is 8.42. The molecule has 3 nitrogen and oxygen atoms in total. The van der Waals surface area contributed by atoms with Gasteiger partial charge in [-0.25, -0.2) is 9.28 Å². The number of amides is 1. The Labute approximate surface area is 80.3 Å². The van der Waals surface area contributed by atoms with Crippen molar-refractivity contribution in [2.75, 3.05) is 32.8 Å². The van der Waals surface area contributed by atoms with Gasteiger partial charge in [0.2, 0.25) is 0 Å². The first-order valence-electron chi connectivity index (χ1n) is 5.16. The molecule has 0 atom stereocenters. The van der Waals surface area contributed by atoms with Crippen LogP contribution >= 0.6 is 0 Å².